The maximum absolute atomic E-state index is 11.2. The van der Waals surface area contributed by atoms with Crippen molar-refractivity contribution in [3.63, 3.8) is 0 Å². The number of amides is 1. The normalized spacial score (nSPS) is 10.2. The van der Waals surface area contributed by atoms with Gasteiger partial charge in [-0.15, -0.1) is 0 Å². The fraction of sp³-hybridized carbons (Fsp3) is 0.188. The summed E-state index contributed by atoms with van der Waals surface area (Å²) in [4.78, 5) is 11.2. The second kappa shape index (κ2) is 6.10. The number of benzene rings is 2. The van der Waals surface area contributed by atoms with E-state index in [0.717, 1.165) is 18.7 Å². The molecule has 0 aliphatic rings. The van der Waals surface area contributed by atoms with E-state index in [-0.39, 0.29) is 0 Å². The highest BCUT2D eigenvalue weighted by molar-refractivity contribution is 5.94. The molecule has 0 aromatic heterocycles. The first-order valence-electron chi connectivity index (χ1n) is 6.55. The molecule has 0 aliphatic carbocycles. The molecule has 0 aliphatic heterocycles. The number of primary amides is 1. The third kappa shape index (κ3) is 3.51. The molecule has 0 fully saturated rings. The Balaban J connectivity index is 2.00. The van der Waals surface area contributed by atoms with Crippen molar-refractivity contribution in [3.05, 3.63) is 59.2 Å². The molecule has 0 heterocycles. The van der Waals surface area contributed by atoms with Crippen LogP contribution >= 0.6 is 0 Å². The zero-order valence-electron chi connectivity index (χ0n) is 11.5. The van der Waals surface area contributed by atoms with Gasteiger partial charge in [-0.25, -0.2) is 0 Å². The third-order valence-electron chi connectivity index (χ3n) is 3.15. The minimum absolute atomic E-state index is 0.452. The molecule has 0 unspecified atom stereocenters. The van der Waals surface area contributed by atoms with Crippen molar-refractivity contribution in [1.82, 2.24) is 0 Å². The second-order valence-electron chi connectivity index (χ2n) is 4.83. The fourth-order valence-electron chi connectivity index (χ4n) is 2.07. The maximum Gasteiger partial charge on any atom is 0.248 e. The lowest BCUT2D eigenvalue weighted by atomic mass is 10.1. The van der Waals surface area contributed by atoms with Crippen LogP contribution in [0.2, 0.25) is 0 Å². The molecular formula is C16H19N3O. The van der Waals surface area contributed by atoms with Crippen LogP contribution in [0.3, 0.4) is 0 Å². The van der Waals surface area contributed by atoms with Crippen LogP contribution in [0.15, 0.2) is 42.5 Å². The number of nitrogens with two attached hydrogens (primary N) is 2. The van der Waals surface area contributed by atoms with E-state index < -0.39 is 5.91 Å². The summed E-state index contributed by atoms with van der Waals surface area (Å²) in [6, 6.07) is 13.4. The minimum atomic E-state index is -0.452. The molecule has 4 nitrogen and oxygen atoms in total. The number of carbonyl (C=O) groups excluding carboxylic acids is 1. The average molecular weight is 269 g/mol. The molecule has 2 aromatic carbocycles. The highest BCUT2D eigenvalue weighted by Crippen LogP contribution is 2.19. The van der Waals surface area contributed by atoms with Gasteiger partial charge in [0.1, 0.15) is 0 Å². The molecule has 4 heteroatoms. The summed E-state index contributed by atoms with van der Waals surface area (Å²) in [7, 11) is 0. The molecule has 0 saturated carbocycles. The maximum atomic E-state index is 11.2. The minimum Gasteiger partial charge on any atom is -0.397 e. The molecule has 0 saturated heterocycles. The first-order valence-corrected chi connectivity index (χ1v) is 6.55. The van der Waals surface area contributed by atoms with Gasteiger partial charge in [0.15, 0.2) is 0 Å². The smallest absolute Gasteiger partial charge is 0.248 e. The number of nitrogen functional groups attached to an aromatic ring is 1. The number of nitrogens with one attached hydrogen (secondary N) is 1. The van der Waals surface area contributed by atoms with Crippen LogP contribution in [-0.4, -0.2) is 12.5 Å². The van der Waals surface area contributed by atoms with E-state index in [1.54, 1.807) is 18.2 Å². The Morgan fingerprint density at radius 2 is 2.00 bits per heavy atom. The molecule has 2 aromatic rings. The number of hydrogen-bond acceptors (Lipinski definition) is 3. The summed E-state index contributed by atoms with van der Waals surface area (Å²) in [6.07, 6.45) is 0.891. The predicted octanol–water partition coefficient (Wildman–Crippen LogP) is 2.33. The van der Waals surface area contributed by atoms with Crippen molar-refractivity contribution in [1.29, 1.82) is 0 Å². The fourth-order valence-corrected chi connectivity index (χ4v) is 2.07. The van der Waals surface area contributed by atoms with Gasteiger partial charge in [-0.2, -0.15) is 0 Å². The van der Waals surface area contributed by atoms with Crippen LogP contribution in [0.1, 0.15) is 21.5 Å². The summed E-state index contributed by atoms with van der Waals surface area (Å²) in [6.45, 7) is 2.82. The third-order valence-corrected chi connectivity index (χ3v) is 3.15. The highest BCUT2D eigenvalue weighted by atomic mass is 16.1. The van der Waals surface area contributed by atoms with Gasteiger partial charge < -0.3 is 16.8 Å². The van der Waals surface area contributed by atoms with Gasteiger partial charge in [-0.3, -0.25) is 4.79 Å². The lowest BCUT2D eigenvalue weighted by molar-refractivity contribution is 0.100. The number of anilines is 2. The molecule has 0 radical (unpaired) electrons. The first-order chi connectivity index (χ1) is 9.56. The van der Waals surface area contributed by atoms with Crippen molar-refractivity contribution in [3.8, 4) is 0 Å². The van der Waals surface area contributed by atoms with Crippen LogP contribution in [0.25, 0.3) is 0 Å². The zero-order valence-corrected chi connectivity index (χ0v) is 11.5. The SMILES string of the molecule is Cc1cccc(CCNc2cc(C(N)=O)ccc2N)c1. The number of rotatable bonds is 5. The number of hydrogen-bond donors (Lipinski definition) is 3. The average Bonchev–Trinajstić information content (AvgIpc) is 2.40. The van der Waals surface area contributed by atoms with Crippen molar-refractivity contribution >= 4 is 17.3 Å². The summed E-state index contributed by atoms with van der Waals surface area (Å²) in [5, 5.41) is 3.24. The van der Waals surface area contributed by atoms with E-state index in [4.69, 9.17) is 11.5 Å². The lowest BCUT2D eigenvalue weighted by Crippen LogP contribution is -2.13. The largest absolute Gasteiger partial charge is 0.397 e. The molecule has 5 N–H and O–H groups in total. The molecular weight excluding hydrogens is 250 g/mol. The number of aryl methyl sites for hydroxylation is 1. The molecule has 2 rings (SSSR count). The summed E-state index contributed by atoms with van der Waals surface area (Å²) >= 11 is 0. The van der Waals surface area contributed by atoms with Crippen LogP contribution < -0.4 is 16.8 Å². The van der Waals surface area contributed by atoms with Crippen molar-refractivity contribution in [2.24, 2.45) is 5.73 Å². The first kappa shape index (κ1) is 13.9. The van der Waals surface area contributed by atoms with Crippen LogP contribution in [-0.2, 0) is 6.42 Å². The molecule has 0 spiro atoms. The summed E-state index contributed by atoms with van der Waals surface area (Å²) in [5.41, 5.74) is 15.5. The molecule has 20 heavy (non-hydrogen) atoms. The molecule has 1 amide bonds. The Labute approximate surface area is 118 Å². The van der Waals surface area contributed by atoms with Crippen molar-refractivity contribution < 1.29 is 4.79 Å². The van der Waals surface area contributed by atoms with E-state index in [1.165, 1.54) is 11.1 Å². The molecule has 0 atom stereocenters. The quantitative estimate of drug-likeness (QED) is 0.729. The standard InChI is InChI=1S/C16H19N3O/c1-11-3-2-4-12(9-11)7-8-19-15-10-13(16(18)20)5-6-14(15)17/h2-6,9-10,19H,7-8,17H2,1H3,(H2,18,20). The van der Waals surface area contributed by atoms with Gasteiger partial charge in [0, 0.05) is 12.1 Å². The van der Waals surface area contributed by atoms with Crippen LogP contribution in [0.4, 0.5) is 11.4 Å². The summed E-state index contributed by atoms with van der Waals surface area (Å²) < 4.78 is 0. The van der Waals surface area contributed by atoms with Crippen molar-refractivity contribution in [2.45, 2.75) is 13.3 Å². The van der Waals surface area contributed by atoms with Gasteiger partial charge in [-0.05, 0) is 37.1 Å². The zero-order chi connectivity index (χ0) is 14.5. The van der Waals surface area contributed by atoms with E-state index in [9.17, 15) is 4.79 Å². The van der Waals surface area contributed by atoms with Crippen LogP contribution in [0, 0.1) is 6.92 Å². The van der Waals surface area contributed by atoms with E-state index in [0.29, 0.717) is 11.3 Å². The van der Waals surface area contributed by atoms with Gasteiger partial charge in [0.25, 0.3) is 0 Å². The Hall–Kier alpha value is -2.49. The van der Waals surface area contributed by atoms with Gasteiger partial charge in [0.2, 0.25) is 5.91 Å². The monoisotopic (exact) mass is 269 g/mol. The van der Waals surface area contributed by atoms with E-state index in [1.807, 2.05) is 6.07 Å². The topological polar surface area (TPSA) is 81.1 Å². The van der Waals surface area contributed by atoms with E-state index >= 15 is 0 Å². The van der Waals surface area contributed by atoms with Gasteiger partial charge in [0.05, 0.1) is 11.4 Å². The molecule has 0 bridgehead atoms. The Bertz CT molecular complexity index is 623. The van der Waals surface area contributed by atoms with Crippen molar-refractivity contribution in [2.75, 3.05) is 17.6 Å². The Morgan fingerprint density at radius 3 is 2.70 bits per heavy atom. The predicted molar refractivity (Wildman–Crippen MR) is 82.7 cm³/mol. The summed E-state index contributed by atoms with van der Waals surface area (Å²) in [5.74, 6) is -0.452. The molecule has 104 valence electrons. The second-order valence-corrected chi connectivity index (χ2v) is 4.83. The Kier molecular flexibility index (Phi) is 4.25. The van der Waals surface area contributed by atoms with Gasteiger partial charge >= 0.3 is 0 Å². The Morgan fingerprint density at radius 1 is 1.20 bits per heavy atom. The van der Waals surface area contributed by atoms with E-state index in [2.05, 4.69) is 30.4 Å². The van der Waals surface area contributed by atoms with Gasteiger partial charge in [-0.1, -0.05) is 29.8 Å². The highest BCUT2D eigenvalue weighted by Gasteiger charge is 2.04. The lowest BCUT2D eigenvalue weighted by Gasteiger charge is -2.10. The van der Waals surface area contributed by atoms with Crippen LogP contribution in [0.5, 0.6) is 0 Å². The number of carbonyl (C=O) groups is 1.